The highest BCUT2D eigenvalue weighted by Gasteiger charge is 2.22. The number of carbonyl (C=O) groups excluding carboxylic acids is 1. The number of hydrogen-bond donors (Lipinski definition) is 1. The summed E-state index contributed by atoms with van der Waals surface area (Å²) in [5.41, 5.74) is 0. The Morgan fingerprint density at radius 3 is 2.33 bits per heavy atom. The molecule has 0 aliphatic carbocycles. The van der Waals surface area contributed by atoms with Gasteiger partial charge in [0.2, 0.25) is 3.79 Å². The van der Waals surface area contributed by atoms with Gasteiger partial charge in [0.15, 0.2) is 0 Å². The van der Waals surface area contributed by atoms with Gasteiger partial charge in [-0.3, -0.25) is 0 Å². The van der Waals surface area contributed by atoms with Crippen LogP contribution in [-0.2, 0) is 4.74 Å². The van der Waals surface area contributed by atoms with Gasteiger partial charge in [-0.05, 0) is 13.8 Å². The lowest BCUT2D eigenvalue weighted by molar-refractivity contribution is 0.146. The lowest BCUT2D eigenvalue weighted by atomic mass is 10.4. The van der Waals surface area contributed by atoms with Crippen molar-refractivity contribution in [1.29, 1.82) is 0 Å². The van der Waals surface area contributed by atoms with E-state index >= 15 is 0 Å². The number of hydrogen-bond acceptors (Lipinski definition) is 2. The first-order valence-electron chi connectivity index (χ1n) is 3.31. The molecule has 0 fully saturated rings. The summed E-state index contributed by atoms with van der Waals surface area (Å²) in [6.45, 7) is 3.35. The minimum atomic E-state index is -1.55. The molecule has 0 saturated heterocycles. The molecular formula is C6H10Cl3NO2. The molecule has 0 atom stereocenters. The number of ether oxygens (including phenoxy) is 1. The van der Waals surface area contributed by atoms with Crippen LogP contribution >= 0.6 is 34.8 Å². The summed E-state index contributed by atoms with van der Waals surface area (Å²) in [5.74, 6) is 0. The summed E-state index contributed by atoms with van der Waals surface area (Å²) < 4.78 is 3.02. The normalized spacial score (nSPS) is 11.5. The van der Waals surface area contributed by atoms with E-state index in [1.807, 2.05) is 0 Å². The number of carbonyl (C=O) groups is 1. The van der Waals surface area contributed by atoms with Crippen molar-refractivity contribution in [3.8, 4) is 0 Å². The number of nitrogens with one attached hydrogen (secondary N) is 1. The monoisotopic (exact) mass is 233 g/mol. The molecule has 0 heterocycles. The predicted molar refractivity (Wildman–Crippen MR) is 49.9 cm³/mol. The SMILES string of the molecule is CC(C)NC(=O)OCC(Cl)(Cl)Cl. The molecule has 0 spiro atoms. The third kappa shape index (κ3) is 8.24. The second-order valence-corrected chi connectivity index (χ2v) is 5.01. The van der Waals surface area contributed by atoms with Gasteiger partial charge in [0.1, 0.15) is 6.61 Å². The molecule has 0 aromatic rings. The quantitative estimate of drug-likeness (QED) is 0.746. The molecule has 0 aromatic heterocycles. The van der Waals surface area contributed by atoms with Gasteiger partial charge < -0.3 is 10.1 Å². The minimum absolute atomic E-state index is 0.00729. The van der Waals surface area contributed by atoms with Crippen LogP contribution in [0.15, 0.2) is 0 Å². The number of halogens is 3. The van der Waals surface area contributed by atoms with Crippen LogP contribution in [0.4, 0.5) is 4.79 Å². The van der Waals surface area contributed by atoms with Crippen molar-refractivity contribution in [3.63, 3.8) is 0 Å². The molecule has 0 rings (SSSR count). The lowest BCUT2D eigenvalue weighted by Crippen LogP contribution is -2.32. The fourth-order valence-electron chi connectivity index (χ4n) is 0.425. The van der Waals surface area contributed by atoms with Gasteiger partial charge in [-0.15, -0.1) is 0 Å². The van der Waals surface area contributed by atoms with Crippen molar-refractivity contribution in [1.82, 2.24) is 5.32 Å². The van der Waals surface area contributed by atoms with Crippen molar-refractivity contribution in [2.45, 2.75) is 23.7 Å². The Balaban J connectivity index is 3.58. The van der Waals surface area contributed by atoms with Crippen LogP contribution in [0.25, 0.3) is 0 Å². The molecular weight excluding hydrogens is 224 g/mol. The van der Waals surface area contributed by atoms with Crippen LogP contribution in [-0.4, -0.2) is 22.5 Å². The second-order valence-electron chi connectivity index (χ2n) is 2.49. The molecule has 3 nitrogen and oxygen atoms in total. The van der Waals surface area contributed by atoms with E-state index in [0.717, 1.165) is 0 Å². The van der Waals surface area contributed by atoms with Crippen molar-refractivity contribution in [3.05, 3.63) is 0 Å². The molecule has 0 aliphatic rings. The lowest BCUT2D eigenvalue weighted by Gasteiger charge is -2.13. The topological polar surface area (TPSA) is 38.3 Å². The van der Waals surface area contributed by atoms with Crippen LogP contribution < -0.4 is 5.32 Å². The fourth-order valence-corrected chi connectivity index (χ4v) is 0.588. The zero-order chi connectivity index (χ0) is 9.78. The van der Waals surface area contributed by atoms with Gasteiger partial charge in [-0.1, -0.05) is 34.8 Å². The maximum atomic E-state index is 10.8. The molecule has 1 amide bonds. The standard InChI is InChI=1S/C6H10Cl3NO2/c1-4(2)10-5(11)12-3-6(7,8)9/h4H,3H2,1-2H3,(H,10,11). The average Bonchev–Trinajstić information content (AvgIpc) is 1.80. The molecule has 1 N–H and O–H groups in total. The van der Waals surface area contributed by atoms with Gasteiger partial charge in [0.25, 0.3) is 0 Å². The summed E-state index contributed by atoms with van der Waals surface area (Å²) in [6.07, 6.45) is -0.587. The van der Waals surface area contributed by atoms with E-state index in [-0.39, 0.29) is 12.6 Å². The van der Waals surface area contributed by atoms with E-state index < -0.39 is 9.89 Å². The number of rotatable bonds is 2. The van der Waals surface area contributed by atoms with E-state index in [4.69, 9.17) is 34.8 Å². The van der Waals surface area contributed by atoms with Crippen molar-refractivity contribution < 1.29 is 9.53 Å². The summed E-state index contributed by atoms with van der Waals surface area (Å²) in [4.78, 5) is 10.8. The van der Waals surface area contributed by atoms with E-state index in [1.54, 1.807) is 13.8 Å². The molecule has 0 bridgehead atoms. The maximum Gasteiger partial charge on any atom is 0.407 e. The Labute approximate surface area is 86.3 Å². The summed E-state index contributed by atoms with van der Waals surface area (Å²) in [5, 5.41) is 2.48. The van der Waals surface area contributed by atoms with Crippen LogP contribution in [0.1, 0.15) is 13.8 Å². The largest absolute Gasteiger partial charge is 0.445 e. The minimum Gasteiger partial charge on any atom is -0.445 e. The molecule has 12 heavy (non-hydrogen) atoms. The van der Waals surface area contributed by atoms with Gasteiger partial charge >= 0.3 is 6.09 Å². The molecule has 0 saturated carbocycles. The third-order valence-electron chi connectivity index (χ3n) is 0.773. The number of alkyl halides is 3. The summed E-state index contributed by atoms with van der Waals surface area (Å²) >= 11 is 16.0. The Hall–Kier alpha value is 0.140. The first-order valence-corrected chi connectivity index (χ1v) is 4.44. The average molecular weight is 235 g/mol. The highest BCUT2D eigenvalue weighted by molar-refractivity contribution is 6.67. The molecule has 72 valence electrons. The van der Waals surface area contributed by atoms with Crippen LogP contribution in [0.2, 0.25) is 0 Å². The van der Waals surface area contributed by atoms with Crippen LogP contribution in [0.5, 0.6) is 0 Å². The van der Waals surface area contributed by atoms with E-state index in [0.29, 0.717) is 0 Å². The van der Waals surface area contributed by atoms with Gasteiger partial charge in [0.05, 0.1) is 0 Å². The van der Waals surface area contributed by atoms with Crippen molar-refractivity contribution in [2.24, 2.45) is 0 Å². The molecule has 0 aromatic carbocycles. The maximum absolute atomic E-state index is 10.8. The van der Waals surface area contributed by atoms with Crippen LogP contribution in [0, 0.1) is 0 Å². The van der Waals surface area contributed by atoms with E-state index in [2.05, 4.69) is 10.1 Å². The van der Waals surface area contributed by atoms with Crippen LogP contribution in [0.3, 0.4) is 0 Å². The van der Waals surface area contributed by atoms with Crippen molar-refractivity contribution >= 4 is 40.9 Å². The third-order valence-corrected chi connectivity index (χ3v) is 1.10. The van der Waals surface area contributed by atoms with E-state index in [1.165, 1.54) is 0 Å². The Kier molecular flexibility index (Phi) is 5.06. The highest BCUT2D eigenvalue weighted by Crippen LogP contribution is 2.25. The van der Waals surface area contributed by atoms with Gasteiger partial charge in [0, 0.05) is 6.04 Å². The summed E-state index contributed by atoms with van der Waals surface area (Å²) in [7, 11) is 0. The molecule has 0 unspecified atom stereocenters. The van der Waals surface area contributed by atoms with Gasteiger partial charge in [-0.25, -0.2) is 4.79 Å². The second kappa shape index (κ2) is 5.00. The predicted octanol–water partition coefficient (Wildman–Crippen LogP) is 2.49. The number of amides is 1. The Morgan fingerprint density at radius 2 is 2.00 bits per heavy atom. The highest BCUT2D eigenvalue weighted by atomic mass is 35.6. The molecule has 6 heteroatoms. The van der Waals surface area contributed by atoms with Gasteiger partial charge in [-0.2, -0.15) is 0 Å². The zero-order valence-corrected chi connectivity index (χ0v) is 9.00. The summed E-state index contributed by atoms with van der Waals surface area (Å²) in [6, 6.07) is 0.00729. The smallest absolute Gasteiger partial charge is 0.407 e. The molecule has 0 radical (unpaired) electrons. The first-order chi connectivity index (χ1) is 5.31. The molecule has 0 aliphatic heterocycles. The van der Waals surface area contributed by atoms with Crippen molar-refractivity contribution in [2.75, 3.05) is 6.61 Å². The zero-order valence-electron chi connectivity index (χ0n) is 6.73. The first kappa shape index (κ1) is 12.1. The number of alkyl carbamates (subject to hydrolysis) is 1. The Bertz CT molecular complexity index is 155. The van der Waals surface area contributed by atoms with E-state index in [9.17, 15) is 4.79 Å². The fraction of sp³-hybridized carbons (Fsp3) is 0.833. The Morgan fingerprint density at radius 1 is 1.50 bits per heavy atom.